The second kappa shape index (κ2) is 5.69. The van der Waals surface area contributed by atoms with Gasteiger partial charge >= 0.3 is 0 Å². The fourth-order valence-electron chi connectivity index (χ4n) is 0.909. The highest BCUT2D eigenvalue weighted by molar-refractivity contribution is 7.98. The highest BCUT2D eigenvalue weighted by Crippen LogP contribution is 2.13. The number of nitrogens with one attached hydrogen (secondary N) is 1. The van der Waals surface area contributed by atoms with E-state index in [2.05, 4.69) is 47.7 Å². The Bertz CT molecular complexity index is 305. The van der Waals surface area contributed by atoms with Crippen LogP contribution in [0.5, 0.6) is 0 Å². The minimum Gasteiger partial charge on any atom is -0.309 e. The van der Waals surface area contributed by atoms with E-state index in [9.17, 15) is 0 Å². The average Bonchev–Trinajstić information content (AvgIpc) is 2.19. The van der Waals surface area contributed by atoms with Crippen molar-refractivity contribution in [3.05, 3.63) is 29.8 Å². The number of benzene rings is 1. The van der Waals surface area contributed by atoms with E-state index in [1.54, 1.807) is 11.8 Å². The molecule has 1 rings (SSSR count). The maximum absolute atomic E-state index is 3.08. The second-order valence-corrected chi connectivity index (χ2v) is 3.44. The molecular weight excluding hydrogens is 178 g/mol. The number of hydrogen-bond acceptors (Lipinski definition) is 2. The molecule has 0 aromatic heterocycles. The zero-order valence-electron chi connectivity index (χ0n) is 7.92. The van der Waals surface area contributed by atoms with E-state index < -0.39 is 0 Å². The third-order valence-electron chi connectivity index (χ3n) is 1.59. The van der Waals surface area contributed by atoms with Gasteiger partial charge in [0.25, 0.3) is 0 Å². The third kappa shape index (κ3) is 3.54. The number of thioether (sulfide) groups is 1. The highest BCUT2D eigenvalue weighted by Gasteiger charge is 1.88. The Labute approximate surface area is 83.9 Å². The molecule has 68 valence electrons. The summed E-state index contributed by atoms with van der Waals surface area (Å²) in [4.78, 5) is 1.28. The summed E-state index contributed by atoms with van der Waals surface area (Å²) in [5.41, 5.74) is 1.08. The molecule has 1 aromatic rings. The Kier molecular flexibility index (Phi) is 4.45. The molecule has 1 nitrogen and oxygen atoms in total. The van der Waals surface area contributed by atoms with Crippen LogP contribution in [0.4, 0.5) is 0 Å². The van der Waals surface area contributed by atoms with Crippen LogP contribution in [0, 0.1) is 11.8 Å². The van der Waals surface area contributed by atoms with Crippen LogP contribution in [0.1, 0.15) is 5.56 Å². The zero-order chi connectivity index (χ0) is 9.52. The molecule has 0 radical (unpaired) electrons. The highest BCUT2D eigenvalue weighted by atomic mass is 32.2. The molecule has 2 heteroatoms. The maximum atomic E-state index is 3.08. The standard InChI is InChI=1S/C11H13NS/c1-12-9-3-4-10-5-7-11(13-2)8-6-10/h5-8,12H,9H2,1-2H3. The summed E-state index contributed by atoms with van der Waals surface area (Å²) < 4.78 is 0. The summed E-state index contributed by atoms with van der Waals surface area (Å²) >= 11 is 1.75. The molecule has 0 spiro atoms. The molecule has 0 aliphatic heterocycles. The molecule has 0 saturated carbocycles. The maximum Gasteiger partial charge on any atom is 0.0577 e. The Morgan fingerprint density at radius 3 is 2.54 bits per heavy atom. The molecule has 0 bridgehead atoms. The SMILES string of the molecule is CNCC#Cc1ccc(SC)cc1. The van der Waals surface area contributed by atoms with Crippen molar-refractivity contribution in [3.63, 3.8) is 0 Å². The van der Waals surface area contributed by atoms with Crippen LogP contribution in [0.15, 0.2) is 29.2 Å². The lowest BCUT2D eigenvalue weighted by molar-refractivity contribution is 0.938. The second-order valence-electron chi connectivity index (χ2n) is 2.56. The minimum absolute atomic E-state index is 0.740. The van der Waals surface area contributed by atoms with Crippen molar-refractivity contribution in [2.75, 3.05) is 19.8 Å². The van der Waals surface area contributed by atoms with Crippen LogP contribution in [-0.4, -0.2) is 19.8 Å². The summed E-state index contributed by atoms with van der Waals surface area (Å²) in [5.74, 6) is 6.10. The Morgan fingerprint density at radius 2 is 2.00 bits per heavy atom. The van der Waals surface area contributed by atoms with Crippen LogP contribution >= 0.6 is 11.8 Å². The predicted octanol–water partition coefficient (Wildman–Crippen LogP) is 1.98. The molecule has 13 heavy (non-hydrogen) atoms. The Hall–Kier alpha value is -0.910. The van der Waals surface area contributed by atoms with E-state index in [0.717, 1.165) is 12.1 Å². The van der Waals surface area contributed by atoms with Gasteiger partial charge < -0.3 is 5.32 Å². The number of rotatable bonds is 2. The van der Waals surface area contributed by atoms with Crippen LogP contribution in [0.3, 0.4) is 0 Å². The van der Waals surface area contributed by atoms with Crippen molar-refractivity contribution in [1.82, 2.24) is 5.32 Å². The van der Waals surface area contributed by atoms with Gasteiger partial charge in [-0.05, 0) is 37.6 Å². The van der Waals surface area contributed by atoms with Crippen molar-refractivity contribution in [2.45, 2.75) is 4.90 Å². The van der Waals surface area contributed by atoms with E-state index in [-0.39, 0.29) is 0 Å². The first-order chi connectivity index (χ1) is 6.36. The van der Waals surface area contributed by atoms with Crippen molar-refractivity contribution >= 4 is 11.8 Å². The van der Waals surface area contributed by atoms with Gasteiger partial charge in [0.05, 0.1) is 6.54 Å². The van der Waals surface area contributed by atoms with Crippen molar-refractivity contribution in [2.24, 2.45) is 0 Å². The van der Waals surface area contributed by atoms with Gasteiger partial charge in [0, 0.05) is 10.5 Å². The Morgan fingerprint density at radius 1 is 1.31 bits per heavy atom. The first kappa shape index (κ1) is 10.2. The largest absolute Gasteiger partial charge is 0.309 e. The topological polar surface area (TPSA) is 12.0 Å². The van der Waals surface area contributed by atoms with Gasteiger partial charge in [0.1, 0.15) is 0 Å². The molecular formula is C11H13NS. The lowest BCUT2D eigenvalue weighted by Crippen LogP contribution is -2.04. The molecule has 0 aliphatic carbocycles. The first-order valence-corrected chi connectivity index (χ1v) is 5.37. The molecule has 0 unspecified atom stereocenters. The van der Waals surface area contributed by atoms with Gasteiger partial charge in [-0.25, -0.2) is 0 Å². The normalized spacial score (nSPS) is 9.08. The Balaban J connectivity index is 2.65. The van der Waals surface area contributed by atoms with E-state index in [0.29, 0.717) is 0 Å². The van der Waals surface area contributed by atoms with Crippen LogP contribution < -0.4 is 5.32 Å². The van der Waals surface area contributed by atoms with Crippen molar-refractivity contribution in [3.8, 4) is 11.8 Å². The van der Waals surface area contributed by atoms with Gasteiger partial charge in [-0.1, -0.05) is 11.8 Å². The molecule has 0 fully saturated rings. The van der Waals surface area contributed by atoms with E-state index >= 15 is 0 Å². The predicted molar refractivity (Wildman–Crippen MR) is 59.0 cm³/mol. The van der Waals surface area contributed by atoms with E-state index in [1.165, 1.54) is 4.90 Å². The summed E-state index contributed by atoms with van der Waals surface area (Å²) in [7, 11) is 1.89. The molecule has 0 aliphatic rings. The van der Waals surface area contributed by atoms with Gasteiger partial charge in [-0.2, -0.15) is 0 Å². The fourth-order valence-corrected chi connectivity index (χ4v) is 1.32. The molecule has 0 saturated heterocycles. The summed E-state index contributed by atoms with van der Waals surface area (Å²) in [6.45, 7) is 0.740. The molecule has 1 N–H and O–H groups in total. The number of hydrogen-bond donors (Lipinski definition) is 1. The quantitative estimate of drug-likeness (QED) is 0.566. The van der Waals surface area contributed by atoms with Crippen molar-refractivity contribution in [1.29, 1.82) is 0 Å². The summed E-state index contributed by atoms with van der Waals surface area (Å²) in [6.07, 6.45) is 2.07. The van der Waals surface area contributed by atoms with Gasteiger partial charge in [0.15, 0.2) is 0 Å². The minimum atomic E-state index is 0.740. The third-order valence-corrected chi connectivity index (χ3v) is 2.33. The smallest absolute Gasteiger partial charge is 0.0577 e. The summed E-state index contributed by atoms with van der Waals surface area (Å²) in [5, 5.41) is 2.98. The van der Waals surface area contributed by atoms with E-state index in [1.807, 2.05) is 7.05 Å². The lowest BCUT2D eigenvalue weighted by atomic mass is 10.2. The van der Waals surface area contributed by atoms with Crippen molar-refractivity contribution < 1.29 is 0 Å². The molecule has 1 aromatic carbocycles. The van der Waals surface area contributed by atoms with Crippen LogP contribution in [0.2, 0.25) is 0 Å². The average molecular weight is 191 g/mol. The zero-order valence-corrected chi connectivity index (χ0v) is 8.74. The first-order valence-electron chi connectivity index (χ1n) is 4.14. The van der Waals surface area contributed by atoms with Crippen LogP contribution in [0.25, 0.3) is 0 Å². The lowest BCUT2D eigenvalue weighted by Gasteiger charge is -1.94. The van der Waals surface area contributed by atoms with E-state index in [4.69, 9.17) is 0 Å². The van der Waals surface area contributed by atoms with Gasteiger partial charge in [0.2, 0.25) is 0 Å². The summed E-state index contributed by atoms with van der Waals surface area (Å²) in [6, 6.07) is 8.28. The molecule has 0 atom stereocenters. The van der Waals surface area contributed by atoms with Gasteiger partial charge in [-0.15, -0.1) is 11.8 Å². The van der Waals surface area contributed by atoms with Crippen LogP contribution in [-0.2, 0) is 0 Å². The molecule has 0 heterocycles. The monoisotopic (exact) mass is 191 g/mol. The van der Waals surface area contributed by atoms with Gasteiger partial charge in [-0.3, -0.25) is 0 Å². The fraction of sp³-hybridized carbons (Fsp3) is 0.273. The molecule has 0 amide bonds.